The molecule has 2 aliphatic heterocycles. The van der Waals surface area contributed by atoms with Crippen LogP contribution in [0.5, 0.6) is 11.5 Å². The number of anilines is 4. The molecule has 1 spiro atoms. The van der Waals surface area contributed by atoms with Gasteiger partial charge in [-0.25, -0.2) is 4.79 Å². The summed E-state index contributed by atoms with van der Waals surface area (Å²) in [6.45, 7) is 4.60. The third kappa shape index (κ3) is 4.34. The van der Waals surface area contributed by atoms with E-state index in [2.05, 4.69) is 5.32 Å². The van der Waals surface area contributed by atoms with E-state index in [0.29, 0.717) is 39.8 Å². The first-order chi connectivity index (χ1) is 21.3. The maximum atomic E-state index is 13.4. The van der Waals surface area contributed by atoms with E-state index in [1.807, 2.05) is 91.5 Å². The van der Waals surface area contributed by atoms with Crippen molar-refractivity contribution in [3.8, 4) is 11.5 Å². The first-order valence-corrected chi connectivity index (χ1v) is 14.5. The van der Waals surface area contributed by atoms with E-state index in [4.69, 9.17) is 21.1 Å². The van der Waals surface area contributed by atoms with Crippen LogP contribution in [-0.4, -0.2) is 17.4 Å². The van der Waals surface area contributed by atoms with E-state index in [0.717, 1.165) is 33.9 Å². The van der Waals surface area contributed by atoms with E-state index in [1.165, 1.54) is 12.1 Å². The van der Waals surface area contributed by atoms with E-state index in [-0.39, 0.29) is 5.69 Å². The van der Waals surface area contributed by atoms with Crippen LogP contribution in [-0.2, 0) is 10.3 Å². The Labute approximate surface area is 258 Å². The summed E-state index contributed by atoms with van der Waals surface area (Å²) in [5.41, 5.74) is 5.72. The number of esters is 1. The second-order valence-electron chi connectivity index (χ2n) is 10.7. The van der Waals surface area contributed by atoms with Crippen LogP contribution in [0.1, 0.15) is 39.5 Å². The zero-order chi connectivity index (χ0) is 30.6. The number of non-ortho nitro benzene ring substituents is 1. The molecular weight excluding hydrogens is 578 g/mol. The smallest absolute Gasteiger partial charge is 0.340 e. The van der Waals surface area contributed by atoms with Crippen molar-refractivity contribution in [2.24, 2.45) is 0 Å². The highest BCUT2D eigenvalue weighted by Crippen LogP contribution is 2.57. The van der Waals surface area contributed by atoms with Gasteiger partial charge in [-0.3, -0.25) is 10.1 Å². The standard InChI is InChI=1S/C35H26ClN3O5/c1-3-38(24-12-14-25(15-13-24)39(41)42)26-16-17-29-33(19-26)43-32-18-21(2)31(37-23-10-8-22(36)9-11-23)20-30(32)35(29)28-7-5-4-6-27(28)34(40)44-35/h4-20,37H,3H2,1-2H3. The minimum absolute atomic E-state index is 0.0270. The summed E-state index contributed by atoms with van der Waals surface area (Å²) < 4.78 is 13.0. The predicted octanol–water partition coefficient (Wildman–Crippen LogP) is 9.03. The molecule has 0 amide bonds. The zero-order valence-electron chi connectivity index (χ0n) is 23.8. The number of benzene rings is 5. The molecule has 0 bridgehead atoms. The quantitative estimate of drug-likeness (QED) is 0.117. The molecule has 0 aromatic heterocycles. The number of hydrogen-bond acceptors (Lipinski definition) is 7. The molecule has 1 atom stereocenters. The van der Waals surface area contributed by atoms with Gasteiger partial charge in [-0.15, -0.1) is 0 Å². The van der Waals surface area contributed by atoms with E-state index in [9.17, 15) is 14.9 Å². The van der Waals surface area contributed by atoms with Gasteiger partial charge in [0.1, 0.15) is 11.5 Å². The highest BCUT2D eigenvalue weighted by atomic mass is 35.5. The van der Waals surface area contributed by atoms with Gasteiger partial charge >= 0.3 is 5.97 Å². The summed E-state index contributed by atoms with van der Waals surface area (Å²) >= 11 is 6.10. The average Bonchev–Trinajstić information content (AvgIpc) is 3.32. The Kier molecular flexibility index (Phi) is 6.52. The number of hydrogen-bond donors (Lipinski definition) is 1. The van der Waals surface area contributed by atoms with Gasteiger partial charge in [0.05, 0.1) is 10.5 Å². The Hall–Kier alpha value is -5.34. The van der Waals surface area contributed by atoms with Gasteiger partial charge in [-0.2, -0.15) is 0 Å². The van der Waals surface area contributed by atoms with E-state index < -0.39 is 16.5 Å². The molecule has 0 fully saturated rings. The molecular formula is C35H26ClN3O5. The van der Waals surface area contributed by atoms with Crippen molar-refractivity contribution in [2.45, 2.75) is 19.4 Å². The van der Waals surface area contributed by atoms with Gasteiger partial charge in [0.2, 0.25) is 0 Å². The Balaban J connectivity index is 1.38. The van der Waals surface area contributed by atoms with Crippen molar-refractivity contribution in [1.82, 2.24) is 0 Å². The van der Waals surface area contributed by atoms with Crippen molar-refractivity contribution in [3.05, 3.63) is 146 Å². The second-order valence-corrected chi connectivity index (χ2v) is 11.1. The fourth-order valence-electron chi connectivity index (χ4n) is 6.07. The number of nitro groups is 1. The molecule has 7 rings (SSSR count). The van der Waals surface area contributed by atoms with Crippen LogP contribution in [0.2, 0.25) is 5.02 Å². The lowest BCUT2D eigenvalue weighted by Crippen LogP contribution is -2.33. The Morgan fingerprint density at radius 1 is 0.864 bits per heavy atom. The number of rotatable bonds is 6. The van der Waals surface area contributed by atoms with Gasteiger partial charge in [0, 0.05) is 69.2 Å². The van der Waals surface area contributed by atoms with Crippen LogP contribution in [0.15, 0.2) is 103 Å². The van der Waals surface area contributed by atoms with Crippen LogP contribution < -0.4 is 15.0 Å². The number of fused-ring (bicyclic) bond motifs is 6. The monoisotopic (exact) mass is 603 g/mol. The topological polar surface area (TPSA) is 93.9 Å². The largest absolute Gasteiger partial charge is 0.456 e. The molecule has 0 saturated heterocycles. The Morgan fingerprint density at radius 3 is 2.30 bits per heavy atom. The SMILES string of the molecule is CCN(c1ccc([N+](=O)[O-])cc1)c1ccc2c(c1)Oc1cc(C)c(Nc3ccc(Cl)cc3)cc1C21OC(=O)c2ccccc21. The number of carbonyl (C=O) groups is 1. The van der Waals surface area contributed by atoms with Crippen LogP contribution >= 0.6 is 11.6 Å². The van der Waals surface area contributed by atoms with Crippen molar-refractivity contribution in [3.63, 3.8) is 0 Å². The fourth-order valence-corrected chi connectivity index (χ4v) is 6.19. The molecule has 1 unspecified atom stereocenters. The third-order valence-corrected chi connectivity index (χ3v) is 8.42. The highest BCUT2D eigenvalue weighted by molar-refractivity contribution is 6.30. The van der Waals surface area contributed by atoms with Crippen LogP contribution in [0, 0.1) is 17.0 Å². The molecule has 2 aliphatic rings. The summed E-state index contributed by atoms with van der Waals surface area (Å²) in [6, 6.07) is 31.1. The Bertz CT molecular complexity index is 1960. The predicted molar refractivity (Wildman–Crippen MR) is 170 cm³/mol. The van der Waals surface area contributed by atoms with Gasteiger partial charge in [0.15, 0.2) is 5.60 Å². The molecule has 0 saturated carbocycles. The molecule has 1 N–H and O–H groups in total. The van der Waals surface area contributed by atoms with Crippen LogP contribution in [0.25, 0.3) is 0 Å². The lowest BCUT2D eigenvalue weighted by molar-refractivity contribution is -0.384. The number of ether oxygens (including phenoxy) is 2. The number of halogens is 1. The van der Waals surface area contributed by atoms with Crippen molar-refractivity contribution < 1.29 is 19.2 Å². The molecule has 44 heavy (non-hydrogen) atoms. The fraction of sp³-hybridized carbons (Fsp3) is 0.114. The molecule has 8 nitrogen and oxygen atoms in total. The van der Waals surface area contributed by atoms with Gasteiger partial charge in [-0.1, -0.05) is 29.8 Å². The van der Waals surface area contributed by atoms with Gasteiger partial charge < -0.3 is 19.7 Å². The van der Waals surface area contributed by atoms with E-state index >= 15 is 0 Å². The third-order valence-electron chi connectivity index (χ3n) is 8.17. The summed E-state index contributed by atoms with van der Waals surface area (Å²) in [5, 5.41) is 15.3. The number of carbonyl (C=O) groups excluding carboxylic acids is 1. The first kappa shape index (κ1) is 27.5. The molecule has 9 heteroatoms. The summed E-state index contributed by atoms with van der Waals surface area (Å²) in [4.78, 5) is 26.2. The normalized spacial score (nSPS) is 15.9. The summed E-state index contributed by atoms with van der Waals surface area (Å²) in [7, 11) is 0. The van der Waals surface area contributed by atoms with Gasteiger partial charge in [-0.05, 0) is 86.1 Å². The van der Waals surface area contributed by atoms with E-state index in [1.54, 1.807) is 18.2 Å². The molecule has 2 heterocycles. The molecule has 0 radical (unpaired) electrons. The average molecular weight is 604 g/mol. The molecule has 218 valence electrons. The molecule has 5 aromatic rings. The first-order valence-electron chi connectivity index (χ1n) is 14.1. The summed E-state index contributed by atoms with van der Waals surface area (Å²) in [6.07, 6.45) is 0. The molecule has 0 aliphatic carbocycles. The lowest BCUT2D eigenvalue weighted by Gasteiger charge is -2.38. The highest BCUT2D eigenvalue weighted by Gasteiger charge is 2.53. The maximum Gasteiger partial charge on any atom is 0.340 e. The van der Waals surface area contributed by atoms with Crippen molar-refractivity contribution in [1.29, 1.82) is 0 Å². The Morgan fingerprint density at radius 2 is 1.57 bits per heavy atom. The maximum absolute atomic E-state index is 13.4. The zero-order valence-corrected chi connectivity index (χ0v) is 24.6. The summed E-state index contributed by atoms with van der Waals surface area (Å²) in [5.74, 6) is 0.728. The number of nitrogens with one attached hydrogen (secondary N) is 1. The minimum Gasteiger partial charge on any atom is -0.456 e. The van der Waals surface area contributed by atoms with Crippen molar-refractivity contribution >= 4 is 46.0 Å². The van der Waals surface area contributed by atoms with Crippen molar-refractivity contribution in [2.75, 3.05) is 16.8 Å². The number of aryl methyl sites for hydroxylation is 1. The minimum atomic E-state index is -1.23. The second kappa shape index (κ2) is 10.4. The number of nitro benzene ring substituents is 1. The molecule has 5 aromatic carbocycles. The van der Waals surface area contributed by atoms with Crippen LogP contribution in [0.4, 0.5) is 28.4 Å². The lowest BCUT2D eigenvalue weighted by atomic mass is 9.77. The number of nitrogens with zero attached hydrogens (tertiary/aromatic N) is 2. The van der Waals surface area contributed by atoms with Gasteiger partial charge in [0.25, 0.3) is 5.69 Å². The van der Waals surface area contributed by atoms with Crippen LogP contribution in [0.3, 0.4) is 0 Å².